The number of sulfonamides is 1. The molecule has 8 heteroatoms. The SMILES string of the molecule is O=c1[nH]c(-c2ccc(F)cc2)nc2c1CCN(S(=O)(=O)c1ccc3c(c1)CCCC3)C2. The van der Waals surface area contributed by atoms with Crippen LogP contribution in [-0.4, -0.2) is 29.2 Å². The van der Waals surface area contributed by atoms with E-state index in [1.54, 1.807) is 12.1 Å². The number of halogens is 1. The summed E-state index contributed by atoms with van der Waals surface area (Å²) >= 11 is 0. The van der Waals surface area contributed by atoms with E-state index in [1.165, 1.54) is 34.1 Å². The van der Waals surface area contributed by atoms with Gasteiger partial charge in [-0.05, 0) is 79.6 Å². The highest BCUT2D eigenvalue weighted by Crippen LogP contribution is 2.28. The highest BCUT2D eigenvalue weighted by Gasteiger charge is 2.31. The summed E-state index contributed by atoms with van der Waals surface area (Å²) in [6.07, 6.45) is 4.40. The van der Waals surface area contributed by atoms with Crippen molar-refractivity contribution < 1.29 is 12.8 Å². The van der Waals surface area contributed by atoms with Crippen LogP contribution in [0.5, 0.6) is 0 Å². The van der Waals surface area contributed by atoms with Crippen LogP contribution in [0.3, 0.4) is 0 Å². The quantitative estimate of drug-likeness (QED) is 0.679. The number of hydrogen-bond donors (Lipinski definition) is 1. The molecule has 0 saturated carbocycles. The number of nitrogens with zero attached hydrogens (tertiary/aromatic N) is 2. The highest BCUT2D eigenvalue weighted by atomic mass is 32.2. The first-order chi connectivity index (χ1) is 14.9. The van der Waals surface area contributed by atoms with E-state index < -0.39 is 10.0 Å². The Morgan fingerprint density at radius 2 is 1.71 bits per heavy atom. The normalized spacial score (nSPS) is 16.5. The van der Waals surface area contributed by atoms with Gasteiger partial charge in [-0.3, -0.25) is 4.79 Å². The van der Waals surface area contributed by atoms with Gasteiger partial charge in [-0.15, -0.1) is 0 Å². The molecule has 1 aliphatic carbocycles. The first kappa shape index (κ1) is 20.1. The number of aromatic amines is 1. The van der Waals surface area contributed by atoms with Crippen molar-refractivity contribution in [3.05, 3.63) is 81.0 Å². The summed E-state index contributed by atoms with van der Waals surface area (Å²) < 4.78 is 41.3. The average molecular weight is 440 g/mol. The van der Waals surface area contributed by atoms with Crippen LogP contribution in [0.15, 0.2) is 52.2 Å². The molecule has 0 fully saturated rings. The predicted octanol–water partition coefficient (Wildman–Crippen LogP) is 3.20. The van der Waals surface area contributed by atoms with Gasteiger partial charge in [0.2, 0.25) is 10.0 Å². The van der Waals surface area contributed by atoms with Crippen molar-refractivity contribution in [1.29, 1.82) is 0 Å². The zero-order chi connectivity index (χ0) is 21.6. The van der Waals surface area contributed by atoms with Crippen LogP contribution in [0.4, 0.5) is 4.39 Å². The van der Waals surface area contributed by atoms with E-state index in [2.05, 4.69) is 9.97 Å². The largest absolute Gasteiger partial charge is 0.306 e. The van der Waals surface area contributed by atoms with Crippen molar-refractivity contribution in [2.75, 3.05) is 6.54 Å². The van der Waals surface area contributed by atoms with Gasteiger partial charge in [0, 0.05) is 17.7 Å². The van der Waals surface area contributed by atoms with Crippen LogP contribution in [0, 0.1) is 5.82 Å². The molecule has 3 aromatic rings. The summed E-state index contributed by atoms with van der Waals surface area (Å²) in [4.78, 5) is 20.1. The number of rotatable bonds is 3. The number of benzene rings is 2. The molecule has 1 aliphatic heterocycles. The van der Waals surface area contributed by atoms with E-state index >= 15 is 0 Å². The maximum absolute atomic E-state index is 13.3. The van der Waals surface area contributed by atoms with Crippen molar-refractivity contribution in [3.63, 3.8) is 0 Å². The minimum atomic E-state index is -3.70. The second-order valence-electron chi connectivity index (χ2n) is 8.07. The third-order valence-electron chi connectivity index (χ3n) is 6.11. The Morgan fingerprint density at radius 3 is 2.48 bits per heavy atom. The molecule has 2 aromatic carbocycles. The van der Waals surface area contributed by atoms with E-state index in [4.69, 9.17) is 0 Å². The van der Waals surface area contributed by atoms with Crippen LogP contribution in [0.1, 0.15) is 35.2 Å². The average Bonchev–Trinajstić information content (AvgIpc) is 2.78. The third-order valence-corrected chi connectivity index (χ3v) is 7.96. The monoisotopic (exact) mass is 439 g/mol. The molecule has 2 aliphatic rings. The Hall–Kier alpha value is -2.84. The van der Waals surface area contributed by atoms with Crippen LogP contribution in [0.25, 0.3) is 11.4 Å². The topological polar surface area (TPSA) is 83.1 Å². The van der Waals surface area contributed by atoms with Crippen LogP contribution >= 0.6 is 0 Å². The lowest BCUT2D eigenvalue weighted by Crippen LogP contribution is -2.39. The Kier molecular flexibility index (Phi) is 4.98. The zero-order valence-corrected chi connectivity index (χ0v) is 17.7. The van der Waals surface area contributed by atoms with Gasteiger partial charge in [0.05, 0.1) is 17.1 Å². The fourth-order valence-electron chi connectivity index (χ4n) is 4.38. The van der Waals surface area contributed by atoms with Gasteiger partial charge in [-0.25, -0.2) is 17.8 Å². The maximum atomic E-state index is 13.3. The molecule has 0 atom stereocenters. The van der Waals surface area contributed by atoms with E-state index in [0.29, 0.717) is 34.0 Å². The van der Waals surface area contributed by atoms with E-state index in [9.17, 15) is 17.6 Å². The number of aryl methyl sites for hydroxylation is 2. The Balaban J connectivity index is 1.48. The first-order valence-corrected chi connectivity index (χ1v) is 11.9. The smallest absolute Gasteiger partial charge is 0.254 e. The van der Waals surface area contributed by atoms with Gasteiger partial charge < -0.3 is 4.98 Å². The molecule has 160 valence electrons. The third kappa shape index (κ3) is 3.70. The van der Waals surface area contributed by atoms with Crippen molar-refractivity contribution in [1.82, 2.24) is 14.3 Å². The molecule has 6 nitrogen and oxygen atoms in total. The van der Waals surface area contributed by atoms with E-state index in [1.807, 2.05) is 6.07 Å². The molecule has 0 unspecified atom stereocenters. The zero-order valence-electron chi connectivity index (χ0n) is 16.9. The number of aromatic nitrogens is 2. The summed E-state index contributed by atoms with van der Waals surface area (Å²) in [5, 5.41) is 0. The number of nitrogens with one attached hydrogen (secondary N) is 1. The molecule has 31 heavy (non-hydrogen) atoms. The first-order valence-electron chi connectivity index (χ1n) is 10.4. The molecule has 5 rings (SSSR count). The second-order valence-corrected chi connectivity index (χ2v) is 10.0. The fourth-order valence-corrected chi connectivity index (χ4v) is 5.84. The maximum Gasteiger partial charge on any atom is 0.254 e. The Morgan fingerprint density at radius 1 is 0.968 bits per heavy atom. The van der Waals surface area contributed by atoms with Crippen molar-refractivity contribution >= 4 is 10.0 Å². The Labute approximate surface area is 179 Å². The number of fused-ring (bicyclic) bond motifs is 2. The van der Waals surface area contributed by atoms with Gasteiger partial charge in [0.15, 0.2) is 0 Å². The lowest BCUT2D eigenvalue weighted by molar-refractivity contribution is 0.383. The molecule has 0 spiro atoms. The van der Waals surface area contributed by atoms with Gasteiger partial charge in [0.25, 0.3) is 5.56 Å². The molecule has 0 amide bonds. The molecule has 0 saturated heterocycles. The minimum absolute atomic E-state index is 0.0346. The molecule has 1 aromatic heterocycles. The number of hydrogen-bond acceptors (Lipinski definition) is 4. The second kappa shape index (κ2) is 7.69. The van der Waals surface area contributed by atoms with Gasteiger partial charge >= 0.3 is 0 Å². The Bertz CT molecular complexity index is 1320. The lowest BCUT2D eigenvalue weighted by Gasteiger charge is -2.27. The molecular formula is C23H22FN3O3S. The van der Waals surface area contributed by atoms with Gasteiger partial charge in [-0.1, -0.05) is 6.07 Å². The molecule has 1 N–H and O–H groups in total. The van der Waals surface area contributed by atoms with Crippen LogP contribution in [0.2, 0.25) is 0 Å². The van der Waals surface area contributed by atoms with E-state index in [0.717, 1.165) is 31.2 Å². The summed E-state index contributed by atoms with van der Waals surface area (Å²) in [6, 6.07) is 11.1. The summed E-state index contributed by atoms with van der Waals surface area (Å²) in [7, 11) is -3.70. The summed E-state index contributed by atoms with van der Waals surface area (Å²) in [6.45, 7) is 0.264. The number of H-pyrrole nitrogens is 1. The van der Waals surface area contributed by atoms with Gasteiger partial charge in [-0.2, -0.15) is 4.31 Å². The van der Waals surface area contributed by atoms with Crippen LogP contribution < -0.4 is 5.56 Å². The fraction of sp³-hybridized carbons (Fsp3) is 0.304. The van der Waals surface area contributed by atoms with Crippen molar-refractivity contribution in [2.24, 2.45) is 0 Å². The highest BCUT2D eigenvalue weighted by molar-refractivity contribution is 7.89. The standard InChI is InChI=1S/C23H22FN3O3S/c24-18-8-5-16(6-9-18)22-25-21-14-27(12-11-20(21)23(28)26-22)31(29,30)19-10-7-15-3-1-2-4-17(15)13-19/h5-10,13H,1-4,11-12,14H2,(H,25,26,28). The lowest BCUT2D eigenvalue weighted by atomic mass is 9.92. The van der Waals surface area contributed by atoms with E-state index in [-0.39, 0.29) is 24.5 Å². The summed E-state index contributed by atoms with van der Waals surface area (Å²) in [5.74, 6) is -0.0804. The molecular weight excluding hydrogens is 417 g/mol. The minimum Gasteiger partial charge on any atom is -0.306 e. The molecule has 2 heterocycles. The van der Waals surface area contributed by atoms with Gasteiger partial charge in [0.1, 0.15) is 11.6 Å². The summed E-state index contributed by atoms with van der Waals surface area (Å²) in [5.41, 5.74) is 3.56. The molecule has 0 radical (unpaired) electrons. The molecule has 0 bridgehead atoms. The predicted molar refractivity (Wildman–Crippen MR) is 115 cm³/mol. The van der Waals surface area contributed by atoms with Crippen LogP contribution in [-0.2, 0) is 35.8 Å². The van der Waals surface area contributed by atoms with Crippen molar-refractivity contribution in [3.8, 4) is 11.4 Å². The van der Waals surface area contributed by atoms with Crippen molar-refractivity contribution in [2.45, 2.75) is 43.5 Å².